The van der Waals surface area contributed by atoms with Crippen molar-refractivity contribution >= 4 is 11.4 Å². The van der Waals surface area contributed by atoms with Gasteiger partial charge in [0.05, 0.1) is 0 Å². The lowest BCUT2D eigenvalue weighted by atomic mass is 9.79. The number of nitrogens with one attached hydrogen (secondary N) is 1. The molecule has 1 saturated carbocycles. The van der Waals surface area contributed by atoms with Gasteiger partial charge in [-0.25, -0.2) is 0 Å². The normalized spacial score (nSPS) is 21.4. The second-order valence-corrected chi connectivity index (χ2v) is 7.69. The predicted molar refractivity (Wildman–Crippen MR) is 104 cm³/mol. The van der Waals surface area contributed by atoms with Crippen LogP contribution in [0.5, 0.6) is 0 Å². The molecule has 128 valence electrons. The van der Waals surface area contributed by atoms with Gasteiger partial charge in [-0.05, 0) is 44.4 Å². The largest absolute Gasteiger partial charge is 0.378 e. The van der Waals surface area contributed by atoms with Gasteiger partial charge < -0.3 is 10.3 Å². The highest BCUT2D eigenvalue weighted by Gasteiger charge is 2.25. The third-order valence-corrected chi connectivity index (χ3v) is 5.57. The molecule has 1 unspecified atom stereocenters. The maximum Gasteiger partial charge on any atom is 0.0420 e. The van der Waals surface area contributed by atoms with Gasteiger partial charge in [-0.15, -0.1) is 0 Å². The first kappa shape index (κ1) is 17.0. The van der Waals surface area contributed by atoms with E-state index >= 15 is 0 Å². The molecule has 0 aliphatic heterocycles. The zero-order valence-electron chi connectivity index (χ0n) is 15.5. The molecule has 1 atom stereocenters. The Kier molecular flexibility index (Phi) is 4.93. The van der Waals surface area contributed by atoms with E-state index in [1.54, 1.807) is 0 Å². The van der Waals surface area contributed by atoms with Crippen molar-refractivity contribution in [2.24, 2.45) is 5.92 Å². The van der Waals surface area contributed by atoms with E-state index in [1.807, 2.05) is 0 Å². The smallest absolute Gasteiger partial charge is 0.0420 e. The van der Waals surface area contributed by atoms with Crippen LogP contribution in [0.3, 0.4) is 0 Å². The van der Waals surface area contributed by atoms with Gasteiger partial charge in [0.1, 0.15) is 0 Å². The van der Waals surface area contributed by atoms with E-state index < -0.39 is 0 Å². The maximum atomic E-state index is 8.92. The molecule has 1 aromatic rings. The van der Waals surface area contributed by atoms with E-state index in [2.05, 4.69) is 63.2 Å². The van der Waals surface area contributed by atoms with E-state index in [4.69, 9.17) is 5.41 Å². The van der Waals surface area contributed by atoms with Crippen molar-refractivity contribution in [2.75, 3.05) is 19.0 Å². The summed E-state index contributed by atoms with van der Waals surface area (Å²) in [6.45, 7) is 4.38. The van der Waals surface area contributed by atoms with Crippen molar-refractivity contribution in [2.45, 2.75) is 51.9 Å². The first-order valence-electron chi connectivity index (χ1n) is 9.24. The first-order valence-corrected chi connectivity index (χ1v) is 9.24. The molecule has 3 rings (SSSR count). The van der Waals surface area contributed by atoms with Crippen molar-refractivity contribution in [1.29, 1.82) is 5.41 Å². The number of rotatable bonds is 4. The minimum Gasteiger partial charge on any atom is -0.378 e. The molecular weight excluding hydrogens is 292 g/mol. The highest BCUT2D eigenvalue weighted by Crippen LogP contribution is 2.38. The Labute approximate surface area is 146 Å². The highest BCUT2D eigenvalue weighted by molar-refractivity contribution is 6.02. The fraction of sp³-hybridized carbons (Fsp3) is 0.500. The third kappa shape index (κ3) is 3.33. The lowest BCUT2D eigenvalue weighted by Crippen LogP contribution is -2.21. The summed E-state index contributed by atoms with van der Waals surface area (Å²) in [7, 11) is 4.15. The summed E-state index contributed by atoms with van der Waals surface area (Å²) in [4.78, 5) is 2.14. The monoisotopic (exact) mass is 322 g/mol. The summed E-state index contributed by atoms with van der Waals surface area (Å²) in [5.41, 5.74) is 7.25. The molecule has 1 fully saturated rings. The lowest BCUT2D eigenvalue weighted by Gasteiger charge is -2.26. The Balaban J connectivity index is 2.02. The quantitative estimate of drug-likeness (QED) is 0.708. The molecular formula is C22H30N2. The fourth-order valence-electron chi connectivity index (χ4n) is 4.16. The minimum atomic E-state index is 0.333. The molecule has 1 N–H and O–H groups in total. The molecule has 0 heterocycles. The van der Waals surface area contributed by atoms with E-state index in [9.17, 15) is 0 Å². The third-order valence-electron chi connectivity index (χ3n) is 5.57. The molecule has 0 amide bonds. The Hall–Kier alpha value is -1.83. The van der Waals surface area contributed by atoms with E-state index in [0.717, 1.165) is 11.3 Å². The fourth-order valence-corrected chi connectivity index (χ4v) is 4.16. The van der Waals surface area contributed by atoms with Crippen LogP contribution in [-0.4, -0.2) is 19.8 Å². The topological polar surface area (TPSA) is 27.1 Å². The van der Waals surface area contributed by atoms with Crippen LogP contribution in [0.2, 0.25) is 0 Å². The van der Waals surface area contributed by atoms with Crippen molar-refractivity contribution in [3.63, 3.8) is 0 Å². The van der Waals surface area contributed by atoms with Crippen LogP contribution in [-0.2, 0) is 0 Å². The second-order valence-electron chi connectivity index (χ2n) is 7.69. The van der Waals surface area contributed by atoms with Crippen LogP contribution in [0.25, 0.3) is 0 Å². The molecule has 2 aliphatic rings. The van der Waals surface area contributed by atoms with E-state index in [1.165, 1.54) is 54.5 Å². The molecule has 24 heavy (non-hydrogen) atoms. The van der Waals surface area contributed by atoms with E-state index in [-0.39, 0.29) is 0 Å². The number of benzene rings is 1. The van der Waals surface area contributed by atoms with Gasteiger partial charge in [0.2, 0.25) is 0 Å². The Bertz CT molecular complexity index is 688. The van der Waals surface area contributed by atoms with Gasteiger partial charge in [-0.1, -0.05) is 48.6 Å². The average molecular weight is 322 g/mol. The van der Waals surface area contributed by atoms with Crippen LogP contribution in [0.15, 0.2) is 41.5 Å². The molecule has 2 nitrogen and oxygen atoms in total. The number of allylic oxidation sites excluding steroid dienone is 4. The van der Waals surface area contributed by atoms with Crippen molar-refractivity contribution in [3.05, 3.63) is 52.6 Å². The average Bonchev–Trinajstić information content (AvgIpc) is 2.92. The molecule has 0 aromatic heterocycles. The van der Waals surface area contributed by atoms with Crippen LogP contribution in [0.1, 0.15) is 63.0 Å². The van der Waals surface area contributed by atoms with Crippen LogP contribution >= 0.6 is 0 Å². The number of nitrogens with zero attached hydrogens (tertiary/aromatic N) is 1. The highest BCUT2D eigenvalue weighted by atomic mass is 15.1. The summed E-state index contributed by atoms with van der Waals surface area (Å²) >= 11 is 0. The Morgan fingerprint density at radius 3 is 2.38 bits per heavy atom. The van der Waals surface area contributed by atoms with Gasteiger partial charge in [0.15, 0.2) is 0 Å². The summed E-state index contributed by atoms with van der Waals surface area (Å²) in [6, 6.07) is 6.68. The maximum absolute atomic E-state index is 8.92. The van der Waals surface area contributed by atoms with Crippen molar-refractivity contribution in [1.82, 2.24) is 0 Å². The summed E-state index contributed by atoms with van der Waals surface area (Å²) in [5.74, 6) is 0.769. The van der Waals surface area contributed by atoms with Crippen LogP contribution < -0.4 is 4.90 Å². The first-order chi connectivity index (χ1) is 11.5. The number of anilines is 1. The molecule has 0 spiro atoms. The summed E-state index contributed by atoms with van der Waals surface area (Å²) in [6.07, 6.45) is 10.9. The Morgan fingerprint density at radius 1 is 1.08 bits per heavy atom. The van der Waals surface area contributed by atoms with Crippen LogP contribution in [0.4, 0.5) is 5.69 Å². The molecule has 0 radical (unpaired) electrons. The summed E-state index contributed by atoms with van der Waals surface area (Å²) in [5, 5.41) is 8.92. The van der Waals surface area contributed by atoms with Crippen LogP contribution in [0, 0.1) is 11.3 Å². The van der Waals surface area contributed by atoms with Crippen molar-refractivity contribution in [3.8, 4) is 0 Å². The SMILES string of the molecule is CC1=CC(c2ccc(N(C)C)cc2C(=N)C2CCCCC2)C(C)=C1. The summed E-state index contributed by atoms with van der Waals surface area (Å²) < 4.78 is 0. The molecule has 0 bridgehead atoms. The molecule has 2 heteroatoms. The molecule has 0 saturated heterocycles. The van der Waals surface area contributed by atoms with Gasteiger partial charge in [-0.3, -0.25) is 0 Å². The van der Waals surface area contributed by atoms with Gasteiger partial charge in [0.25, 0.3) is 0 Å². The van der Waals surface area contributed by atoms with Crippen molar-refractivity contribution < 1.29 is 0 Å². The molecule has 1 aromatic carbocycles. The minimum absolute atomic E-state index is 0.333. The molecule has 2 aliphatic carbocycles. The van der Waals surface area contributed by atoms with Gasteiger partial charge in [-0.2, -0.15) is 0 Å². The number of hydrogen-bond donors (Lipinski definition) is 1. The lowest BCUT2D eigenvalue weighted by molar-refractivity contribution is 0.438. The number of hydrogen-bond acceptors (Lipinski definition) is 2. The predicted octanol–water partition coefficient (Wildman–Crippen LogP) is 5.69. The zero-order chi connectivity index (χ0) is 17.3. The zero-order valence-corrected chi connectivity index (χ0v) is 15.5. The van der Waals surface area contributed by atoms with Gasteiger partial charge >= 0.3 is 0 Å². The van der Waals surface area contributed by atoms with E-state index in [0.29, 0.717) is 11.8 Å². The van der Waals surface area contributed by atoms with Gasteiger partial charge in [0, 0.05) is 42.9 Å². The standard InChI is InChI=1S/C22H30N2/c1-15-12-16(2)20(13-15)19-11-10-18(24(3)4)14-21(19)22(23)17-8-6-5-7-9-17/h10-14,17,20,23H,5-9H2,1-4H3. The second kappa shape index (κ2) is 6.96. The Morgan fingerprint density at radius 2 is 1.79 bits per heavy atom.